The number of alkyl halides is 3. The highest BCUT2D eigenvalue weighted by Crippen LogP contribution is 2.35. The zero-order valence-corrected chi connectivity index (χ0v) is 20.5. The first-order valence-corrected chi connectivity index (χ1v) is 13.4. The minimum absolute atomic E-state index is 0.00994. The van der Waals surface area contributed by atoms with Gasteiger partial charge in [0.2, 0.25) is 15.8 Å². The maximum atomic E-state index is 15.4. The summed E-state index contributed by atoms with van der Waals surface area (Å²) in [7, 11) is -3.55. The standard InChI is InChI=1S/C25H25F4N5O2S/c26-22-23(30-13-16-3-11-21(12-4-16)37(35,36)33-19-7-8-19)31-15-32-24(22)34(20-9-10-20)14-17-1-5-18(6-2-17)25(27,28)29/h1-6,11-12,15,19-20,33H,7-10,13-14H2,(H,30,31,32). The minimum atomic E-state index is -4.42. The van der Waals surface area contributed by atoms with Gasteiger partial charge < -0.3 is 10.2 Å². The van der Waals surface area contributed by atoms with E-state index >= 15 is 4.39 Å². The van der Waals surface area contributed by atoms with Crippen molar-refractivity contribution >= 4 is 21.7 Å². The normalized spacial score (nSPS) is 16.0. The molecule has 7 nitrogen and oxygen atoms in total. The topological polar surface area (TPSA) is 87.2 Å². The Labute approximate surface area is 212 Å². The van der Waals surface area contributed by atoms with Crippen LogP contribution in [0.15, 0.2) is 59.8 Å². The zero-order chi connectivity index (χ0) is 26.2. The van der Waals surface area contributed by atoms with Gasteiger partial charge in [-0.1, -0.05) is 24.3 Å². The monoisotopic (exact) mass is 535 g/mol. The van der Waals surface area contributed by atoms with E-state index in [1.54, 1.807) is 17.0 Å². The summed E-state index contributed by atoms with van der Waals surface area (Å²) < 4.78 is 81.3. The highest BCUT2D eigenvalue weighted by Gasteiger charge is 2.34. The highest BCUT2D eigenvalue weighted by molar-refractivity contribution is 7.89. The van der Waals surface area contributed by atoms with Crippen molar-refractivity contribution in [2.75, 3.05) is 10.2 Å². The van der Waals surface area contributed by atoms with Crippen LogP contribution in [-0.4, -0.2) is 30.5 Å². The third kappa shape index (κ3) is 6.19. The maximum Gasteiger partial charge on any atom is 0.416 e. The molecule has 0 saturated heterocycles. The lowest BCUT2D eigenvalue weighted by Crippen LogP contribution is -2.27. The summed E-state index contributed by atoms with van der Waals surface area (Å²) in [5.74, 6) is -0.600. The number of aromatic nitrogens is 2. The molecule has 2 fully saturated rings. The Morgan fingerprint density at radius 3 is 2.16 bits per heavy atom. The second-order valence-corrected chi connectivity index (χ2v) is 11.0. The molecule has 5 rings (SSSR count). The van der Waals surface area contributed by atoms with Gasteiger partial charge in [-0.25, -0.2) is 23.1 Å². The fourth-order valence-electron chi connectivity index (χ4n) is 3.90. The number of hydrogen-bond acceptors (Lipinski definition) is 6. The lowest BCUT2D eigenvalue weighted by Gasteiger charge is -2.24. The van der Waals surface area contributed by atoms with E-state index in [9.17, 15) is 21.6 Å². The van der Waals surface area contributed by atoms with E-state index in [2.05, 4.69) is 20.0 Å². The van der Waals surface area contributed by atoms with Crippen molar-refractivity contribution in [2.45, 2.75) is 61.9 Å². The Bertz CT molecular complexity index is 1360. The molecule has 0 amide bonds. The molecule has 0 spiro atoms. The van der Waals surface area contributed by atoms with Gasteiger partial charge in [0, 0.05) is 25.2 Å². The van der Waals surface area contributed by atoms with E-state index in [-0.39, 0.29) is 41.7 Å². The van der Waals surface area contributed by atoms with Gasteiger partial charge in [-0.2, -0.15) is 17.6 Å². The number of anilines is 2. The highest BCUT2D eigenvalue weighted by atomic mass is 32.2. The summed E-state index contributed by atoms with van der Waals surface area (Å²) >= 11 is 0. The zero-order valence-electron chi connectivity index (χ0n) is 19.7. The molecule has 1 heterocycles. The molecule has 1 aromatic heterocycles. The Morgan fingerprint density at radius 2 is 1.57 bits per heavy atom. The van der Waals surface area contributed by atoms with Crippen molar-refractivity contribution < 1.29 is 26.0 Å². The summed E-state index contributed by atoms with van der Waals surface area (Å²) in [5, 5.41) is 2.93. The van der Waals surface area contributed by atoms with Crippen molar-refractivity contribution in [1.82, 2.24) is 14.7 Å². The molecule has 0 radical (unpaired) electrons. The average Bonchev–Trinajstić information content (AvgIpc) is 3.78. The second-order valence-electron chi connectivity index (χ2n) is 9.31. The number of halogens is 4. The molecule has 0 atom stereocenters. The number of nitrogens with one attached hydrogen (secondary N) is 2. The molecule has 2 aliphatic carbocycles. The third-order valence-electron chi connectivity index (χ3n) is 6.26. The van der Waals surface area contributed by atoms with Crippen LogP contribution in [0.25, 0.3) is 0 Å². The first-order chi connectivity index (χ1) is 17.6. The Morgan fingerprint density at radius 1 is 0.919 bits per heavy atom. The van der Waals surface area contributed by atoms with E-state index in [0.717, 1.165) is 43.4 Å². The quantitative estimate of drug-likeness (QED) is 0.361. The fourth-order valence-corrected chi connectivity index (χ4v) is 5.21. The molecule has 0 unspecified atom stereocenters. The van der Waals surface area contributed by atoms with Crippen LogP contribution in [0, 0.1) is 5.82 Å². The van der Waals surface area contributed by atoms with Gasteiger partial charge in [0.15, 0.2) is 11.6 Å². The van der Waals surface area contributed by atoms with Gasteiger partial charge in [0.1, 0.15) is 6.33 Å². The Kier molecular flexibility index (Phi) is 6.80. The van der Waals surface area contributed by atoms with E-state index in [1.807, 2.05) is 0 Å². The van der Waals surface area contributed by atoms with Gasteiger partial charge >= 0.3 is 6.18 Å². The molecule has 3 aromatic rings. The Hall–Kier alpha value is -3.25. The number of sulfonamides is 1. The van der Waals surface area contributed by atoms with E-state index in [1.165, 1.54) is 30.6 Å². The SMILES string of the molecule is O=S(=O)(NC1CC1)c1ccc(CNc2ncnc(N(Cc3ccc(C(F)(F)F)cc3)C3CC3)c2F)cc1. The number of rotatable bonds is 10. The molecule has 2 N–H and O–H groups in total. The van der Waals surface area contributed by atoms with Crippen molar-refractivity contribution in [1.29, 1.82) is 0 Å². The van der Waals surface area contributed by atoms with Gasteiger partial charge in [0.25, 0.3) is 0 Å². The van der Waals surface area contributed by atoms with Crippen LogP contribution < -0.4 is 14.9 Å². The minimum Gasteiger partial charge on any atom is -0.363 e. The number of benzene rings is 2. The molecule has 0 aliphatic heterocycles. The lowest BCUT2D eigenvalue weighted by atomic mass is 10.1. The molecule has 2 saturated carbocycles. The van der Waals surface area contributed by atoms with Crippen LogP contribution in [0.4, 0.5) is 29.2 Å². The molecular formula is C25H25F4N5O2S. The van der Waals surface area contributed by atoms with Crippen LogP contribution in [0.5, 0.6) is 0 Å². The van der Waals surface area contributed by atoms with Crippen molar-refractivity contribution in [3.63, 3.8) is 0 Å². The van der Waals surface area contributed by atoms with Gasteiger partial charge in [0.05, 0.1) is 10.5 Å². The maximum absolute atomic E-state index is 15.4. The summed E-state index contributed by atoms with van der Waals surface area (Å²) in [6.07, 6.45) is 0.167. The number of nitrogens with zero attached hydrogens (tertiary/aromatic N) is 3. The summed E-state index contributed by atoms with van der Waals surface area (Å²) in [4.78, 5) is 10.0. The first kappa shape index (κ1) is 25.4. The smallest absolute Gasteiger partial charge is 0.363 e. The number of hydrogen-bond donors (Lipinski definition) is 2. The van der Waals surface area contributed by atoms with Crippen molar-refractivity contribution in [3.05, 3.63) is 77.4 Å². The van der Waals surface area contributed by atoms with Crippen LogP contribution >= 0.6 is 0 Å². The van der Waals surface area contributed by atoms with Crippen LogP contribution in [0.2, 0.25) is 0 Å². The van der Waals surface area contributed by atoms with Gasteiger partial charge in [-0.05, 0) is 61.1 Å². The van der Waals surface area contributed by atoms with Crippen LogP contribution in [0.3, 0.4) is 0 Å². The third-order valence-corrected chi connectivity index (χ3v) is 7.79. The van der Waals surface area contributed by atoms with Crippen LogP contribution in [0.1, 0.15) is 42.4 Å². The van der Waals surface area contributed by atoms with Crippen molar-refractivity contribution in [3.8, 4) is 0 Å². The van der Waals surface area contributed by atoms with E-state index < -0.39 is 27.6 Å². The average molecular weight is 536 g/mol. The van der Waals surface area contributed by atoms with E-state index in [4.69, 9.17) is 0 Å². The first-order valence-electron chi connectivity index (χ1n) is 11.9. The molecule has 0 bridgehead atoms. The molecule has 37 heavy (non-hydrogen) atoms. The van der Waals surface area contributed by atoms with Crippen LogP contribution in [-0.2, 0) is 29.3 Å². The van der Waals surface area contributed by atoms with Crippen molar-refractivity contribution in [2.24, 2.45) is 0 Å². The predicted octanol–water partition coefficient (Wildman–Crippen LogP) is 4.86. The summed E-state index contributed by atoms with van der Waals surface area (Å²) in [5.41, 5.74) is 0.603. The lowest BCUT2D eigenvalue weighted by molar-refractivity contribution is -0.137. The van der Waals surface area contributed by atoms with Gasteiger partial charge in [-0.15, -0.1) is 0 Å². The summed E-state index contributed by atoms with van der Waals surface area (Å²) in [6.45, 7) is 0.410. The second kappa shape index (κ2) is 9.90. The fraction of sp³-hybridized carbons (Fsp3) is 0.360. The molecular weight excluding hydrogens is 510 g/mol. The summed E-state index contributed by atoms with van der Waals surface area (Å²) in [6, 6.07) is 11.2. The molecule has 12 heteroatoms. The predicted molar refractivity (Wildman–Crippen MR) is 130 cm³/mol. The molecule has 2 aromatic carbocycles. The van der Waals surface area contributed by atoms with Gasteiger partial charge in [-0.3, -0.25) is 0 Å². The molecule has 2 aliphatic rings. The van der Waals surface area contributed by atoms with E-state index in [0.29, 0.717) is 5.56 Å². The molecule has 196 valence electrons. The Balaban J connectivity index is 1.27. The largest absolute Gasteiger partial charge is 0.416 e.